The van der Waals surface area contributed by atoms with Gasteiger partial charge < -0.3 is 14.6 Å². The molecule has 0 aromatic heterocycles. The van der Waals surface area contributed by atoms with Gasteiger partial charge in [0.1, 0.15) is 0 Å². The number of nitrogens with zero attached hydrogens (tertiary/aromatic N) is 1. The predicted molar refractivity (Wildman–Crippen MR) is 175 cm³/mol. The number of fused-ring (bicyclic) bond motifs is 3. The standard InChI is InChI=1S/C37H28BrNO8/c1-46-28-14-20(15-29(47-2)35(28)43)30-22-12-13-23-31(24(22)16-25-32(30)27(40)17-26(38)34(25)42)37(45)39(36(23)44)21-10-8-19(9-11-21)33(41)18-6-4-3-5-7-18/h3-12,14-15,17,23-24,30-31,43H,13,16H2,1-2H3. The SMILES string of the molecule is COc1cc(C2C3=CCC4C(=O)N(c5ccc(C(=O)c6ccccc6)cc5)C(=O)C4C3CC3=C2C(=O)C=C(Br)C3=O)cc(OC)c1O. The van der Waals surface area contributed by atoms with Gasteiger partial charge >= 0.3 is 0 Å². The lowest BCUT2D eigenvalue weighted by atomic mass is 9.59. The van der Waals surface area contributed by atoms with Crippen molar-refractivity contribution >= 4 is 50.8 Å². The summed E-state index contributed by atoms with van der Waals surface area (Å²) >= 11 is 3.24. The molecule has 1 aliphatic heterocycles. The largest absolute Gasteiger partial charge is 0.502 e. The molecule has 10 heteroatoms. The molecule has 1 heterocycles. The first kappa shape index (κ1) is 30.6. The summed E-state index contributed by atoms with van der Waals surface area (Å²) in [6, 6.07) is 18.4. The summed E-state index contributed by atoms with van der Waals surface area (Å²) in [5.74, 6) is -4.34. The molecule has 0 spiro atoms. The van der Waals surface area contributed by atoms with E-state index in [2.05, 4.69) is 15.9 Å². The number of imide groups is 1. The monoisotopic (exact) mass is 693 g/mol. The van der Waals surface area contributed by atoms with Gasteiger partial charge in [0.2, 0.25) is 17.6 Å². The minimum absolute atomic E-state index is 0.107. The number of carbonyl (C=O) groups excluding carboxylic acids is 5. The number of phenolic OH excluding ortho intramolecular Hbond substituents is 1. The van der Waals surface area contributed by atoms with Gasteiger partial charge in [0.25, 0.3) is 0 Å². The van der Waals surface area contributed by atoms with E-state index in [1.54, 1.807) is 60.7 Å². The number of hydrogen-bond donors (Lipinski definition) is 1. The molecule has 9 nitrogen and oxygen atoms in total. The van der Waals surface area contributed by atoms with E-state index in [0.717, 1.165) is 5.57 Å². The number of hydrogen-bond acceptors (Lipinski definition) is 8. The molecule has 4 aliphatic rings. The molecule has 4 unspecified atom stereocenters. The zero-order chi connectivity index (χ0) is 33.1. The fraction of sp³-hybridized carbons (Fsp3) is 0.216. The van der Waals surface area contributed by atoms with Crippen molar-refractivity contribution in [2.45, 2.75) is 18.8 Å². The lowest BCUT2D eigenvalue weighted by Gasteiger charge is -2.42. The fourth-order valence-electron chi connectivity index (χ4n) is 7.44. The highest BCUT2D eigenvalue weighted by Crippen LogP contribution is 2.56. The van der Waals surface area contributed by atoms with E-state index >= 15 is 0 Å². The molecule has 0 radical (unpaired) electrons. The lowest BCUT2D eigenvalue weighted by Crippen LogP contribution is -2.39. The number of phenols is 1. The van der Waals surface area contributed by atoms with Gasteiger partial charge in [-0.1, -0.05) is 42.0 Å². The first-order valence-electron chi connectivity index (χ1n) is 15.1. The Morgan fingerprint density at radius 1 is 0.872 bits per heavy atom. The highest BCUT2D eigenvalue weighted by molar-refractivity contribution is 9.12. The first-order valence-corrected chi connectivity index (χ1v) is 15.9. The summed E-state index contributed by atoms with van der Waals surface area (Å²) in [5, 5.41) is 10.6. The maximum absolute atomic E-state index is 14.3. The van der Waals surface area contributed by atoms with Crippen LogP contribution in [0.2, 0.25) is 0 Å². The van der Waals surface area contributed by atoms with Crippen LogP contribution in [-0.4, -0.2) is 48.5 Å². The van der Waals surface area contributed by atoms with Gasteiger partial charge in [-0.15, -0.1) is 0 Å². The summed E-state index contributed by atoms with van der Waals surface area (Å²) in [4.78, 5) is 69.4. The summed E-state index contributed by atoms with van der Waals surface area (Å²) in [7, 11) is 2.79. The third kappa shape index (κ3) is 4.77. The normalized spacial score (nSPS) is 23.5. The Labute approximate surface area is 278 Å². The minimum Gasteiger partial charge on any atom is -0.502 e. The van der Waals surface area contributed by atoms with Crippen molar-refractivity contribution in [3.05, 3.63) is 117 Å². The quantitative estimate of drug-likeness (QED) is 0.153. The minimum atomic E-state index is -0.779. The number of ketones is 3. The molecule has 7 rings (SSSR count). The van der Waals surface area contributed by atoms with Gasteiger partial charge in [-0.25, -0.2) is 0 Å². The van der Waals surface area contributed by atoms with Crippen LogP contribution in [0.1, 0.15) is 40.2 Å². The molecular formula is C37H28BrNO8. The molecule has 236 valence electrons. The number of anilines is 1. The van der Waals surface area contributed by atoms with Gasteiger partial charge in [0.05, 0.1) is 36.2 Å². The van der Waals surface area contributed by atoms with Crippen molar-refractivity contribution in [2.75, 3.05) is 19.1 Å². The van der Waals surface area contributed by atoms with Gasteiger partial charge in [0, 0.05) is 34.3 Å². The zero-order valence-electron chi connectivity index (χ0n) is 25.4. The Morgan fingerprint density at radius 3 is 2.15 bits per heavy atom. The van der Waals surface area contributed by atoms with Crippen molar-refractivity contribution in [3.8, 4) is 17.2 Å². The van der Waals surface area contributed by atoms with E-state index < -0.39 is 29.6 Å². The average molecular weight is 695 g/mol. The number of methoxy groups -OCH3 is 2. The molecule has 3 aliphatic carbocycles. The molecule has 2 amide bonds. The molecule has 1 N–H and O–H groups in total. The number of benzene rings is 3. The number of ether oxygens (including phenoxy) is 2. The van der Waals surface area contributed by atoms with Crippen molar-refractivity contribution in [1.29, 1.82) is 0 Å². The van der Waals surface area contributed by atoms with Crippen molar-refractivity contribution in [3.63, 3.8) is 0 Å². The molecule has 3 aromatic rings. The number of halogens is 1. The van der Waals surface area contributed by atoms with E-state index in [0.29, 0.717) is 28.0 Å². The molecule has 1 fully saturated rings. The van der Waals surface area contributed by atoms with Gasteiger partial charge in [-0.3, -0.25) is 28.9 Å². The van der Waals surface area contributed by atoms with Crippen LogP contribution in [0, 0.1) is 17.8 Å². The van der Waals surface area contributed by atoms with Crippen LogP contribution < -0.4 is 14.4 Å². The summed E-state index contributed by atoms with van der Waals surface area (Å²) in [5.41, 5.74) is 3.17. The summed E-state index contributed by atoms with van der Waals surface area (Å²) in [6.07, 6.45) is 3.53. The predicted octanol–water partition coefficient (Wildman–Crippen LogP) is 5.61. The van der Waals surface area contributed by atoms with Gasteiger partial charge in [-0.05, 0) is 76.7 Å². The van der Waals surface area contributed by atoms with Crippen LogP contribution >= 0.6 is 15.9 Å². The van der Waals surface area contributed by atoms with Crippen LogP contribution in [0.4, 0.5) is 5.69 Å². The molecule has 4 atom stereocenters. The highest BCUT2D eigenvalue weighted by Gasteiger charge is 2.56. The second kappa shape index (κ2) is 11.6. The number of Topliss-reactive ketones (excluding diaryl/α,β-unsaturated/α-hetero) is 1. The molecule has 0 bridgehead atoms. The van der Waals surface area contributed by atoms with E-state index in [4.69, 9.17) is 9.47 Å². The number of amides is 2. The Kier molecular flexibility index (Phi) is 7.55. The van der Waals surface area contributed by atoms with Gasteiger partial charge in [0.15, 0.2) is 28.8 Å². The number of aromatic hydroxyl groups is 1. The van der Waals surface area contributed by atoms with Crippen molar-refractivity contribution in [2.24, 2.45) is 17.8 Å². The third-order valence-corrected chi connectivity index (χ3v) is 10.2. The number of carbonyl (C=O) groups is 5. The molecule has 0 saturated carbocycles. The second-order valence-electron chi connectivity index (χ2n) is 11.9. The first-order chi connectivity index (χ1) is 22.6. The fourth-order valence-corrected chi connectivity index (χ4v) is 7.89. The van der Waals surface area contributed by atoms with E-state index in [9.17, 15) is 29.1 Å². The summed E-state index contributed by atoms with van der Waals surface area (Å²) in [6.45, 7) is 0. The Balaban J connectivity index is 1.28. The molecule has 3 aromatic carbocycles. The Morgan fingerprint density at radius 2 is 1.51 bits per heavy atom. The van der Waals surface area contributed by atoms with E-state index in [1.165, 1.54) is 25.2 Å². The topological polar surface area (TPSA) is 127 Å². The average Bonchev–Trinajstić information content (AvgIpc) is 3.35. The third-order valence-electron chi connectivity index (χ3n) is 9.59. The maximum Gasteiger partial charge on any atom is 0.238 e. The van der Waals surface area contributed by atoms with Crippen molar-refractivity contribution in [1.82, 2.24) is 0 Å². The van der Waals surface area contributed by atoms with Crippen LogP contribution in [0.25, 0.3) is 0 Å². The smallest absolute Gasteiger partial charge is 0.238 e. The Bertz CT molecular complexity index is 1970. The lowest BCUT2D eigenvalue weighted by molar-refractivity contribution is -0.123. The molecule has 1 saturated heterocycles. The second-order valence-corrected chi connectivity index (χ2v) is 12.8. The zero-order valence-corrected chi connectivity index (χ0v) is 26.9. The van der Waals surface area contributed by atoms with Crippen LogP contribution in [-0.2, 0) is 19.2 Å². The number of rotatable bonds is 6. The van der Waals surface area contributed by atoms with Crippen LogP contribution in [0.3, 0.4) is 0 Å². The summed E-state index contributed by atoms with van der Waals surface area (Å²) < 4.78 is 10.9. The van der Waals surface area contributed by atoms with Gasteiger partial charge in [-0.2, -0.15) is 0 Å². The van der Waals surface area contributed by atoms with Crippen LogP contribution in [0.15, 0.2) is 100 Å². The highest BCUT2D eigenvalue weighted by atomic mass is 79.9. The molecule has 47 heavy (non-hydrogen) atoms. The van der Waals surface area contributed by atoms with E-state index in [-0.39, 0.29) is 63.4 Å². The van der Waals surface area contributed by atoms with E-state index in [1.807, 2.05) is 12.1 Å². The van der Waals surface area contributed by atoms with Crippen LogP contribution in [0.5, 0.6) is 17.2 Å². The Hall–Kier alpha value is -5.09. The number of allylic oxidation sites excluding steroid dienone is 6. The van der Waals surface area contributed by atoms with Crippen molar-refractivity contribution < 1.29 is 38.6 Å². The molecular weight excluding hydrogens is 666 g/mol. The maximum atomic E-state index is 14.3.